The normalized spacial score (nSPS) is 12.5. The Balaban J connectivity index is 3.38. The van der Waals surface area contributed by atoms with Gasteiger partial charge in [-0.1, -0.05) is 13.8 Å². The maximum atomic E-state index is 10.9. The highest BCUT2D eigenvalue weighted by Gasteiger charge is 2.22. The Morgan fingerprint density at radius 3 is 2.41 bits per heavy atom. The number of hydrogen-bond donors (Lipinski definition) is 3. The van der Waals surface area contributed by atoms with E-state index in [1.165, 1.54) is 7.11 Å². The summed E-state index contributed by atoms with van der Waals surface area (Å²) in [7, 11) is 1.36. The second-order valence-corrected chi connectivity index (χ2v) is 4.13. The Kier molecular flexibility index (Phi) is 3.96. The van der Waals surface area contributed by atoms with Gasteiger partial charge in [0.15, 0.2) is 11.5 Å². The Morgan fingerprint density at radius 1 is 1.41 bits per heavy atom. The number of benzene rings is 1. The van der Waals surface area contributed by atoms with E-state index in [1.54, 1.807) is 12.1 Å². The zero-order valence-electron chi connectivity index (χ0n) is 10.1. The number of carboxylic acid groups (broad SMARTS) is 1. The quantitative estimate of drug-likeness (QED) is 0.742. The van der Waals surface area contributed by atoms with Crippen molar-refractivity contribution in [2.24, 2.45) is 5.73 Å². The summed E-state index contributed by atoms with van der Waals surface area (Å²) < 4.78 is 4.99. The first-order chi connectivity index (χ1) is 7.88. The van der Waals surface area contributed by atoms with Crippen LogP contribution in [0, 0.1) is 0 Å². The van der Waals surface area contributed by atoms with Crippen LogP contribution in [0.5, 0.6) is 11.5 Å². The zero-order chi connectivity index (χ0) is 13.2. The lowest BCUT2D eigenvalue weighted by atomic mass is 9.96. The predicted molar refractivity (Wildman–Crippen MR) is 63.3 cm³/mol. The third-order valence-electron chi connectivity index (χ3n) is 2.59. The molecule has 0 radical (unpaired) electrons. The van der Waals surface area contributed by atoms with Gasteiger partial charge in [0.25, 0.3) is 0 Å². The summed E-state index contributed by atoms with van der Waals surface area (Å²) in [4.78, 5) is 10.9. The zero-order valence-corrected chi connectivity index (χ0v) is 10.1. The minimum absolute atomic E-state index is 0.0922. The first kappa shape index (κ1) is 13.3. The van der Waals surface area contributed by atoms with Gasteiger partial charge in [-0.15, -0.1) is 0 Å². The largest absolute Gasteiger partial charge is 0.504 e. The van der Waals surface area contributed by atoms with Crippen LogP contribution in [0.2, 0.25) is 0 Å². The van der Waals surface area contributed by atoms with Gasteiger partial charge in [0.05, 0.1) is 7.11 Å². The van der Waals surface area contributed by atoms with Crippen LogP contribution in [0.3, 0.4) is 0 Å². The molecule has 4 N–H and O–H groups in total. The number of carboxylic acids is 1. The SMILES string of the molecule is COc1c(O)cc(C(C)C)cc1C(N)C(=O)O. The number of ether oxygens (including phenoxy) is 1. The molecule has 1 atom stereocenters. The van der Waals surface area contributed by atoms with Crippen molar-refractivity contribution in [3.8, 4) is 11.5 Å². The van der Waals surface area contributed by atoms with Crippen molar-refractivity contribution in [3.05, 3.63) is 23.3 Å². The number of aromatic hydroxyl groups is 1. The van der Waals surface area contributed by atoms with Crippen LogP contribution in [-0.2, 0) is 4.79 Å². The summed E-state index contributed by atoms with van der Waals surface area (Å²) in [5.74, 6) is -0.982. The van der Waals surface area contributed by atoms with E-state index in [-0.39, 0.29) is 23.0 Å². The average molecular weight is 239 g/mol. The van der Waals surface area contributed by atoms with Crippen molar-refractivity contribution in [3.63, 3.8) is 0 Å². The first-order valence-corrected chi connectivity index (χ1v) is 5.27. The molecule has 0 amide bonds. The summed E-state index contributed by atoms with van der Waals surface area (Å²) in [5.41, 5.74) is 6.66. The van der Waals surface area contributed by atoms with E-state index in [1.807, 2.05) is 13.8 Å². The summed E-state index contributed by atoms with van der Waals surface area (Å²) in [5, 5.41) is 18.7. The number of hydrogen-bond acceptors (Lipinski definition) is 4. The first-order valence-electron chi connectivity index (χ1n) is 5.27. The van der Waals surface area contributed by atoms with Crippen LogP contribution in [-0.4, -0.2) is 23.3 Å². The minimum atomic E-state index is -1.21. The molecule has 17 heavy (non-hydrogen) atoms. The lowest BCUT2D eigenvalue weighted by Gasteiger charge is -2.16. The van der Waals surface area contributed by atoms with Crippen LogP contribution >= 0.6 is 0 Å². The molecule has 94 valence electrons. The molecule has 0 fully saturated rings. The van der Waals surface area contributed by atoms with Gasteiger partial charge < -0.3 is 20.7 Å². The fraction of sp³-hybridized carbons (Fsp3) is 0.417. The highest BCUT2D eigenvalue weighted by Crippen LogP contribution is 2.36. The molecule has 0 bridgehead atoms. The van der Waals surface area contributed by atoms with Crippen molar-refractivity contribution in [1.29, 1.82) is 0 Å². The molecule has 1 aromatic carbocycles. The molecule has 5 heteroatoms. The third-order valence-corrected chi connectivity index (χ3v) is 2.59. The number of phenolic OH excluding ortho intramolecular Hbond substituents is 1. The van der Waals surface area contributed by atoms with Gasteiger partial charge >= 0.3 is 5.97 Å². The third kappa shape index (κ3) is 2.68. The van der Waals surface area contributed by atoms with Gasteiger partial charge in [0.2, 0.25) is 0 Å². The van der Waals surface area contributed by atoms with Crippen molar-refractivity contribution >= 4 is 5.97 Å². The van der Waals surface area contributed by atoms with E-state index >= 15 is 0 Å². The summed E-state index contributed by atoms with van der Waals surface area (Å²) in [6, 6.07) is 2.00. The number of carbonyl (C=O) groups is 1. The molecule has 5 nitrogen and oxygen atoms in total. The van der Waals surface area contributed by atoms with E-state index in [9.17, 15) is 9.90 Å². The molecule has 0 aliphatic rings. The Labute approximate surface area is 99.8 Å². The number of phenols is 1. The van der Waals surface area contributed by atoms with Crippen molar-refractivity contribution in [2.75, 3.05) is 7.11 Å². The van der Waals surface area contributed by atoms with Crippen LogP contribution < -0.4 is 10.5 Å². The molecule has 1 aromatic rings. The Morgan fingerprint density at radius 2 is 2.00 bits per heavy atom. The number of rotatable bonds is 4. The topological polar surface area (TPSA) is 92.8 Å². The van der Waals surface area contributed by atoms with Crippen molar-refractivity contribution < 1.29 is 19.7 Å². The van der Waals surface area contributed by atoms with Gasteiger partial charge in [-0.2, -0.15) is 0 Å². The van der Waals surface area contributed by atoms with Gasteiger partial charge in [-0.25, -0.2) is 0 Å². The van der Waals surface area contributed by atoms with Gasteiger partial charge in [-0.05, 0) is 23.6 Å². The maximum absolute atomic E-state index is 10.9. The molecule has 0 saturated carbocycles. The average Bonchev–Trinajstić information content (AvgIpc) is 2.26. The van der Waals surface area contributed by atoms with E-state index in [0.29, 0.717) is 0 Å². The van der Waals surface area contributed by atoms with Crippen LogP contribution in [0.25, 0.3) is 0 Å². The molecule has 0 spiro atoms. The summed E-state index contributed by atoms with van der Waals surface area (Å²) in [6.07, 6.45) is 0. The summed E-state index contributed by atoms with van der Waals surface area (Å²) in [6.45, 7) is 3.88. The second kappa shape index (κ2) is 5.05. The van der Waals surface area contributed by atoms with Gasteiger partial charge in [0, 0.05) is 5.56 Å². The Hall–Kier alpha value is -1.75. The molecular weight excluding hydrogens is 222 g/mol. The number of aliphatic carboxylic acids is 1. The minimum Gasteiger partial charge on any atom is -0.504 e. The second-order valence-electron chi connectivity index (χ2n) is 4.13. The highest BCUT2D eigenvalue weighted by molar-refractivity contribution is 5.77. The maximum Gasteiger partial charge on any atom is 0.325 e. The molecule has 0 aromatic heterocycles. The lowest BCUT2D eigenvalue weighted by molar-refractivity contribution is -0.138. The summed E-state index contributed by atoms with van der Waals surface area (Å²) >= 11 is 0. The van der Waals surface area contributed by atoms with Gasteiger partial charge in [0.1, 0.15) is 6.04 Å². The number of methoxy groups -OCH3 is 1. The van der Waals surface area contributed by atoms with Crippen molar-refractivity contribution in [2.45, 2.75) is 25.8 Å². The van der Waals surface area contributed by atoms with Crippen LogP contribution in [0.4, 0.5) is 0 Å². The molecule has 0 saturated heterocycles. The van der Waals surface area contributed by atoms with Crippen molar-refractivity contribution in [1.82, 2.24) is 0 Å². The van der Waals surface area contributed by atoms with Crippen LogP contribution in [0.1, 0.15) is 36.9 Å². The molecule has 1 rings (SSSR count). The lowest BCUT2D eigenvalue weighted by Crippen LogP contribution is -2.21. The Bertz CT molecular complexity index is 429. The molecule has 1 unspecified atom stereocenters. The van der Waals surface area contributed by atoms with Crippen LogP contribution in [0.15, 0.2) is 12.1 Å². The fourth-order valence-corrected chi connectivity index (χ4v) is 1.58. The van der Waals surface area contributed by atoms with E-state index < -0.39 is 12.0 Å². The number of nitrogens with two attached hydrogens (primary N) is 1. The monoisotopic (exact) mass is 239 g/mol. The van der Waals surface area contributed by atoms with E-state index in [0.717, 1.165) is 5.56 Å². The molecule has 0 heterocycles. The van der Waals surface area contributed by atoms with E-state index in [2.05, 4.69) is 0 Å². The molecule has 0 aliphatic heterocycles. The van der Waals surface area contributed by atoms with E-state index in [4.69, 9.17) is 15.6 Å². The fourth-order valence-electron chi connectivity index (χ4n) is 1.58. The predicted octanol–water partition coefficient (Wildman–Crippen LogP) is 1.61. The highest BCUT2D eigenvalue weighted by atomic mass is 16.5. The molecule has 0 aliphatic carbocycles. The van der Waals surface area contributed by atoms with Gasteiger partial charge in [-0.3, -0.25) is 4.79 Å². The smallest absolute Gasteiger partial charge is 0.325 e. The molecular formula is C12H17NO4. The standard InChI is InChI=1S/C12H17NO4/c1-6(2)7-4-8(10(13)12(15)16)11(17-3)9(14)5-7/h4-6,10,14H,13H2,1-3H3,(H,15,16).